The molecule has 2 aliphatic rings. The van der Waals surface area contributed by atoms with Crippen LogP contribution in [0.5, 0.6) is 5.75 Å². The van der Waals surface area contributed by atoms with Crippen molar-refractivity contribution in [1.82, 2.24) is 9.97 Å². The molecule has 0 saturated carbocycles. The topological polar surface area (TPSA) is 102 Å². The van der Waals surface area contributed by atoms with Crippen LogP contribution in [0.4, 0.5) is 24.5 Å². The van der Waals surface area contributed by atoms with Crippen LogP contribution in [0.3, 0.4) is 0 Å². The van der Waals surface area contributed by atoms with Crippen molar-refractivity contribution < 1.29 is 32.2 Å². The van der Waals surface area contributed by atoms with Crippen molar-refractivity contribution in [2.45, 2.75) is 38.0 Å². The number of ether oxygens (including phenoxy) is 2. The SMILES string of the molecule is Cc1ncc(NC(=O)c2ccnc(C(F)(F)F)c2)cc1-c1ccc2c(c1)OC1(CCOCC1)CC(=O)N2. The highest BCUT2D eigenvalue weighted by atomic mass is 19.4. The molecule has 0 atom stereocenters. The van der Waals surface area contributed by atoms with Crippen LogP contribution in [0.2, 0.25) is 0 Å². The Morgan fingerprint density at radius 1 is 1.11 bits per heavy atom. The largest absolute Gasteiger partial charge is 0.484 e. The molecule has 1 fully saturated rings. The van der Waals surface area contributed by atoms with E-state index < -0.39 is 23.4 Å². The fourth-order valence-electron chi connectivity index (χ4n) is 4.48. The predicted octanol–water partition coefficient (Wildman–Crippen LogP) is 4.99. The summed E-state index contributed by atoms with van der Waals surface area (Å²) in [6, 6.07) is 8.96. The molecule has 1 saturated heterocycles. The Morgan fingerprint density at radius 3 is 2.65 bits per heavy atom. The Labute approximate surface area is 210 Å². The lowest BCUT2D eigenvalue weighted by molar-refractivity contribution is -0.141. The van der Waals surface area contributed by atoms with Crippen LogP contribution in [0.1, 0.15) is 41.0 Å². The number of rotatable bonds is 3. The van der Waals surface area contributed by atoms with Gasteiger partial charge in [0, 0.05) is 35.9 Å². The maximum atomic E-state index is 13.0. The molecule has 1 aromatic carbocycles. The van der Waals surface area contributed by atoms with E-state index in [2.05, 4.69) is 20.6 Å². The zero-order valence-electron chi connectivity index (χ0n) is 19.8. The summed E-state index contributed by atoms with van der Waals surface area (Å²) in [5, 5.41) is 5.50. The maximum Gasteiger partial charge on any atom is 0.433 e. The van der Waals surface area contributed by atoms with Gasteiger partial charge in [-0.15, -0.1) is 0 Å². The Morgan fingerprint density at radius 2 is 1.89 bits per heavy atom. The molecule has 5 rings (SSSR count). The quantitative estimate of drug-likeness (QED) is 0.513. The fraction of sp³-hybridized carbons (Fsp3) is 0.308. The number of fused-ring (bicyclic) bond motifs is 1. The number of aryl methyl sites for hydroxylation is 1. The zero-order chi connectivity index (χ0) is 26.2. The predicted molar refractivity (Wildman–Crippen MR) is 128 cm³/mol. The first-order chi connectivity index (χ1) is 17.6. The van der Waals surface area contributed by atoms with Gasteiger partial charge in [0.1, 0.15) is 17.0 Å². The average molecular weight is 512 g/mol. The van der Waals surface area contributed by atoms with Crippen molar-refractivity contribution in [3.8, 4) is 16.9 Å². The van der Waals surface area contributed by atoms with E-state index in [1.54, 1.807) is 25.1 Å². The number of hydrogen-bond acceptors (Lipinski definition) is 6. The van der Waals surface area contributed by atoms with Gasteiger partial charge in [-0.05, 0) is 42.8 Å². The second-order valence-electron chi connectivity index (χ2n) is 9.07. The molecular formula is C26H23F3N4O4. The van der Waals surface area contributed by atoms with Crippen molar-refractivity contribution in [3.05, 3.63) is 65.7 Å². The summed E-state index contributed by atoms with van der Waals surface area (Å²) < 4.78 is 50.8. The van der Waals surface area contributed by atoms with Gasteiger partial charge in [0.25, 0.3) is 5.91 Å². The minimum absolute atomic E-state index is 0.124. The van der Waals surface area contributed by atoms with Gasteiger partial charge in [0.15, 0.2) is 0 Å². The average Bonchev–Trinajstić information content (AvgIpc) is 2.99. The zero-order valence-corrected chi connectivity index (χ0v) is 19.8. The number of aromatic nitrogens is 2. The Hall–Kier alpha value is -3.99. The van der Waals surface area contributed by atoms with Crippen molar-refractivity contribution >= 4 is 23.2 Å². The van der Waals surface area contributed by atoms with Crippen molar-refractivity contribution in [1.29, 1.82) is 0 Å². The van der Waals surface area contributed by atoms with Gasteiger partial charge in [0.2, 0.25) is 5.91 Å². The summed E-state index contributed by atoms with van der Waals surface area (Å²) in [7, 11) is 0. The number of carbonyl (C=O) groups is 2. The van der Waals surface area contributed by atoms with Crippen LogP contribution in [-0.2, 0) is 15.7 Å². The van der Waals surface area contributed by atoms with Crippen LogP contribution >= 0.6 is 0 Å². The summed E-state index contributed by atoms with van der Waals surface area (Å²) in [4.78, 5) is 32.8. The third-order valence-corrected chi connectivity index (χ3v) is 6.44. The Kier molecular flexibility index (Phi) is 6.32. The molecule has 0 unspecified atom stereocenters. The highest BCUT2D eigenvalue weighted by Gasteiger charge is 2.40. The molecule has 0 aliphatic carbocycles. The lowest BCUT2D eigenvalue weighted by Gasteiger charge is -2.35. The highest BCUT2D eigenvalue weighted by Crippen LogP contribution is 2.40. The standard InChI is InChI=1S/C26H23F3N4O4/c1-15-19(12-18(14-31-15)32-24(35)17-4-7-30-22(11-17)26(27,28)29)16-2-3-20-21(10-16)37-25(13-23(34)33-20)5-8-36-9-6-25/h2-4,7,10-12,14H,5-6,8-9,13H2,1H3,(H,32,35)(H,33,34). The van der Waals surface area contributed by atoms with E-state index in [1.165, 1.54) is 12.3 Å². The van der Waals surface area contributed by atoms with Gasteiger partial charge < -0.3 is 20.1 Å². The first-order valence-electron chi connectivity index (χ1n) is 11.6. The number of nitrogens with one attached hydrogen (secondary N) is 2. The van der Waals surface area contributed by atoms with E-state index >= 15 is 0 Å². The molecule has 2 amide bonds. The van der Waals surface area contributed by atoms with Gasteiger partial charge in [-0.1, -0.05) is 6.07 Å². The van der Waals surface area contributed by atoms with Crippen LogP contribution in [0.15, 0.2) is 48.8 Å². The van der Waals surface area contributed by atoms with E-state index in [1.807, 2.05) is 6.07 Å². The third kappa shape index (κ3) is 5.26. The second-order valence-corrected chi connectivity index (χ2v) is 9.07. The van der Waals surface area contributed by atoms with Gasteiger partial charge in [-0.25, -0.2) is 0 Å². The number of amides is 2. The summed E-state index contributed by atoms with van der Waals surface area (Å²) in [6.07, 6.45) is -0.872. The maximum absolute atomic E-state index is 13.0. The van der Waals surface area contributed by atoms with E-state index in [-0.39, 0.29) is 17.9 Å². The number of hydrogen-bond donors (Lipinski definition) is 2. The van der Waals surface area contributed by atoms with E-state index in [4.69, 9.17) is 9.47 Å². The van der Waals surface area contributed by atoms with E-state index in [0.717, 1.165) is 11.8 Å². The monoisotopic (exact) mass is 512 g/mol. The number of halogens is 3. The number of alkyl halides is 3. The molecule has 2 aromatic heterocycles. The summed E-state index contributed by atoms with van der Waals surface area (Å²) in [5.41, 5.74) is 0.983. The van der Waals surface area contributed by atoms with Gasteiger partial charge >= 0.3 is 6.18 Å². The third-order valence-electron chi connectivity index (χ3n) is 6.44. The van der Waals surface area contributed by atoms with Gasteiger partial charge in [0.05, 0.1) is 37.2 Å². The van der Waals surface area contributed by atoms with Crippen molar-refractivity contribution in [3.63, 3.8) is 0 Å². The smallest absolute Gasteiger partial charge is 0.433 e. The summed E-state index contributed by atoms with van der Waals surface area (Å²) in [6.45, 7) is 2.82. The lowest BCUT2D eigenvalue weighted by Crippen LogP contribution is -2.43. The fourth-order valence-corrected chi connectivity index (χ4v) is 4.48. The molecule has 3 aromatic rings. The minimum Gasteiger partial charge on any atom is -0.484 e. The Balaban J connectivity index is 1.43. The van der Waals surface area contributed by atoms with E-state index in [9.17, 15) is 22.8 Å². The van der Waals surface area contributed by atoms with E-state index in [0.29, 0.717) is 60.5 Å². The number of pyridine rings is 2. The molecule has 4 heterocycles. The summed E-state index contributed by atoms with van der Waals surface area (Å²) in [5.74, 6) is -0.324. The molecule has 2 aliphatic heterocycles. The van der Waals surface area contributed by atoms with Crippen molar-refractivity contribution in [2.24, 2.45) is 0 Å². The number of anilines is 2. The minimum atomic E-state index is -4.66. The Bertz CT molecular complexity index is 1370. The van der Waals surface area contributed by atoms with Gasteiger partial charge in [-0.3, -0.25) is 19.6 Å². The number of nitrogens with zero attached hydrogens (tertiary/aromatic N) is 2. The second kappa shape index (κ2) is 9.47. The lowest BCUT2D eigenvalue weighted by atomic mass is 9.90. The molecular weight excluding hydrogens is 489 g/mol. The van der Waals surface area contributed by atoms with Crippen LogP contribution < -0.4 is 15.4 Å². The molecule has 0 radical (unpaired) electrons. The van der Waals surface area contributed by atoms with Crippen LogP contribution in [0.25, 0.3) is 11.1 Å². The molecule has 8 nitrogen and oxygen atoms in total. The highest BCUT2D eigenvalue weighted by molar-refractivity contribution is 6.04. The summed E-state index contributed by atoms with van der Waals surface area (Å²) >= 11 is 0. The molecule has 192 valence electrons. The van der Waals surface area contributed by atoms with Crippen LogP contribution in [0, 0.1) is 6.92 Å². The molecule has 37 heavy (non-hydrogen) atoms. The first-order valence-corrected chi connectivity index (χ1v) is 11.6. The van der Waals surface area contributed by atoms with Crippen molar-refractivity contribution in [2.75, 3.05) is 23.8 Å². The molecule has 0 bridgehead atoms. The number of benzene rings is 1. The van der Waals surface area contributed by atoms with Gasteiger partial charge in [-0.2, -0.15) is 13.2 Å². The first kappa shape index (κ1) is 24.7. The van der Waals surface area contributed by atoms with Crippen LogP contribution in [-0.4, -0.2) is 40.6 Å². The normalized spacial score (nSPS) is 16.8. The molecule has 11 heteroatoms. The molecule has 1 spiro atoms. The molecule has 2 N–H and O–H groups in total. The number of carbonyl (C=O) groups excluding carboxylic acids is 2.